The van der Waals surface area contributed by atoms with Crippen molar-refractivity contribution < 1.29 is 4.74 Å². The van der Waals surface area contributed by atoms with Gasteiger partial charge in [0.2, 0.25) is 0 Å². The Morgan fingerprint density at radius 2 is 1.75 bits per heavy atom. The van der Waals surface area contributed by atoms with E-state index in [0.29, 0.717) is 0 Å². The second-order valence-corrected chi connectivity index (χ2v) is 5.26. The molecule has 0 aliphatic carbocycles. The summed E-state index contributed by atoms with van der Waals surface area (Å²) in [5.41, 5.74) is 4.34. The van der Waals surface area contributed by atoms with Gasteiger partial charge in [0, 0.05) is 11.8 Å². The van der Waals surface area contributed by atoms with Crippen LogP contribution in [0.15, 0.2) is 47.5 Å². The Kier molecular flexibility index (Phi) is 4.57. The molecule has 0 radical (unpaired) electrons. The third kappa shape index (κ3) is 3.70. The Labute approximate surface area is 121 Å². The van der Waals surface area contributed by atoms with E-state index in [-0.39, 0.29) is 6.10 Å². The molecule has 0 unspecified atom stereocenters. The lowest BCUT2D eigenvalue weighted by Gasteiger charge is -2.15. The fraction of sp³-hybridized carbons (Fsp3) is 0.278. The Hall–Kier alpha value is -2.09. The van der Waals surface area contributed by atoms with Gasteiger partial charge in [-0.2, -0.15) is 0 Å². The molecule has 0 aliphatic rings. The van der Waals surface area contributed by atoms with Crippen molar-refractivity contribution in [2.24, 2.45) is 4.99 Å². The summed E-state index contributed by atoms with van der Waals surface area (Å²) < 4.78 is 5.93. The lowest BCUT2D eigenvalue weighted by atomic mass is 10.1. The zero-order valence-electron chi connectivity index (χ0n) is 12.6. The number of nitrogens with zero attached hydrogens (tertiary/aromatic N) is 1. The van der Waals surface area contributed by atoms with Crippen molar-refractivity contribution in [1.82, 2.24) is 0 Å². The van der Waals surface area contributed by atoms with Crippen molar-refractivity contribution in [2.75, 3.05) is 0 Å². The van der Waals surface area contributed by atoms with Crippen molar-refractivity contribution in [3.63, 3.8) is 0 Å². The van der Waals surface area contributed by atoms with Gasteiger partial charge < -0.3 is 4.74 Å². The van der Waals surface area contributed by atoms with Crippen LogP contribution >= 0.6 is 0 Å². The summed E-state index contributed by atoms with van der Waals surface area (Å²) in [5, 5.41) is 0. The van der Waals surface area contributed by atoms with E-state index < -0.39 is 0 Å². The maximum Gasteiger partial charge on any atom is 0.131 e. The normalized spacial score (nSPS) is 11.2. The Morgan fingerprint density at radius 1 is 1.05 bits per heavy atom. The summed E-state index contributed by atoms with van der Waals surface area (Å²) in [7, 11) is 0. The van der Waals surface area contributed by atoms with Gasteiger partial charge in [0.25, 0.3) is 0 Å². The quantitative estimate of drug-likeness (QED) is 0.726. The van der Waals surface area contributed by atoms with Gasteiger partial charge in [0.05, 0.1) is 11.8 Å². The molecule has 104 valence electrons. The number of ether oxygens (including phenoxy) is 1. The van der Waals surface area contributed by atoms with Gasteiger partial charge in [0.15, 0.2) is 0 Å². The minimum Gasteiger partial charge on any atom is -0.490 e. The van der Waals surface area contributed by atoms with Gasteiger partial charge in [-0.15, -0.1) is 0 Å². The van der Waals surface area contributed by atoms with Crippen LogP contribution in [-0.4, -0.2) is 12.3 Å². The largest absolute Gasteiger partial charge is 0.490 e. The van der Waals surface area contributed by atoms with E-state index in [0.717, 1.165) is 22.6 Å². The number of rotatable bonds is 4. The molecule has 0 bridgehead atoms. The first-order valence-electron chi connectivity index (χ1n) is 6.93. The van der Waals surface area contributed by atoms with Crippen LogP contribution in [-0.2, 0) is 0 Å². The fourth-order valence-corrected chi connectivity index (χ4v) is 2.14. The summed E-state index contributed by atoms with van der Waals surface area (Å²) in [6.07, 6.45) is 2.04. The van der Waals surface area contributed by atoms with E-state index in [1.807, 2.05) is 50.4 Å². The van der Waals surface area contributed by atoms with Crippen LogP contribution in [0.25, 0.3) is 0 Å². The second-order valence-electron chi connectivity index (χ2n) is 5.26. The molecule has 2 heteroatoms. The van der Waals surface area contributed by atoms with E-state index in [1.54, 1.807) is 0 Å². The number of para-hydroxylation sites is 1. The van der Waals surface area contributed by atoms with E-state index in [1.165, 1.54) is 5.56 Å². The topological polar surface area (TPSA) is 21.6 Å². The Balaban J connectivity index is 2.37. The molecule has 2 rings (SSSR count). The highest BCUT2D eigenvalue weighted by atomic mass is 16.5. The standard InChI is InChI=1S/C18H21NO/c1-13(2)20-18-15(4)10-14(3)11-16(18)12-19-17-8-6-5-7-9-17/h5-13H,1-4H3. The first kappa shape index (κ1) is 14.3. The zero-order valence-corrected chi connectivity index (χ0v) is 12.6. The highest BCUT2D eigenvalue weighted by Gasteiger charge is 2.08. The number of aliphatic imine (C=N–C) groups is 1. The van der Waals surface area contributed by atoms with Crippen LogP contribution < -0.4 is 4.74 Å². The third-order valence-electron chi connectivity index (χ3n) is 2.91. The van der Waals surface area contributed by atoms with Crippen molar-refractivity contribution in [3.8, 4) is 5.75 Å². The molecular formula is C18H21NO. The molecule has 0 fully saturated rings. The summed E-state index contributed by atoms with van der Waals surface area (Å²) in [6, 6.07) is 14.2. The van der Waals surface area contributed by atoms with Gasteiger partial charge in [-0.25, -0.2) is 0 Å². The average Bonchev–Trinajstić information content (AvgIpc) is 2.40. The smallest absolute Gasteiger partial charge is 0.131 e. The van der Waals surface area contributed by atoms with Crippen molar-refractivity contribution in [1.29, 1.82) is 0 Å². The van der Waals surface area contributed by atoms with Crippen LogP contribution in [0.3, 0.4) is 0 Å². The molecule has 2 nitrogen and oxygen atoms in total. The fourth-order valence-electron chi connectivity index (χ4n) is 2.14. The summed E-state index contributed by atoms with van der Waals surface area (Å²) in [4.78, 5) is 4.52. The summed E-state index contributed by atoms with van der Waals surface area (Å²) in [5.74, 6) is 0.922. The summed E-state index contributed by atoms with van der Waals surface area (Å²) in [6.45, 7) is 8.24. The van der Waals surface area contributed by atoms with Crippen LogP contribution in [0.5, 0.6) is 5.75 Å². The van der Waals surface area contributed by atoms with Crippen LogP contribution in [0.1, 0.15) is 30.5 Å². The van der Waals surface area contributed by atoms with Crippen LogP contribution in [0.2, 0.25) is 0 Å². The molecule has 0 aromatic heterocycles. The molecule has 0 spiro atoms. The van der Waals surface area contributed by atoms with E-state index >= 15 is 0 Å². The predicted octanol–water partition coefficient (Wildman–Crippen LogP) is 4.84. The molecule has 0 N–H and O–H groups in total. The minimum atomic E-state index is 0.153. The van der Waals surface area contributed by atoms with E-state index in [4.69, 9.17) is 4.74 Å². The molecule has 0 saturated heterocycles. The second kappa shape index (κ2) is 6.38. The van der Waals surface area contributed by atoms with Crippen LogP contribution in [0, 0.1) is 13.8 Å². The van der Waals surface area contributed by atoms with Gasteiger partial charge in [-0.3, -0.25) is 4.99 Å². The molecule has 0 aliphatic heterocycles. The van der Waals surface area contributed by atoms with Crippen LogP contribution in [0.4, 0.5) is 5.69 Å². The van der Waals surface area contributed by atoms with E-state index in [9.17, 15) is 0 Å². The maximum atomic E-state index is 5.93. The van der Waals surface area contributed by atoms with Crippen molar-refractivity contribution in [2.45, 2.75) is 33.8 Å². The molecule has 0 saturated carbocycles. The SMILES string of the molecule is Cc1cc(C)c(OC(C)C)c(C=Nc2ccccc2)c1. The van der Waals surface area contributed by atoms with Gasteiger partial charge in [0.1, 0.15) is 5.75 Å². The maximum absolute atomic E-state index is 5.93. The molecule has 0 amide bonds. The highest BCUT2D eigenvalue weighted by molar-refractivity contribution is 5.86. The average molecular weight is 267 g/mol. The first-order chi connectivity index (χ1) is 9.56. The number of benzene rings is 2. The molecule has 0 heterocycles. The summed E-state index contributed by atoms with van der Waals surface area (Å²) >= 11 is 0. The molecular weight excluding hydrogens is 246 g/mol. The van der Waals surface area contributed by atoms with Crippen molar-refractivity contribution in [3.05, 3.63) is 59.2 Å². The minimum absolute atomic E-state index is 0.153. The van der Waals surface area contributed by atoms with Gasteiger partial charge in [-0.1, -0.05) is 24.3 Å². The molecule has 0 atom stereocenters. The highest BCUT2D eigenvalue weighted by Crippen LogP contribution is 2.26. The number of hydrogen-bond donors (Lipinski definition) is 0. The number of hydrogen-bond acceptors (Lipinski definition) is 2. The first-order valence-corrected chi connectivity index (χ1v) is 6.93. The molecule has 20 heavy (non-hydrogen) atoms. The predicted molar refractivity (Wildman–Crippen MR) is 85.4 cm³/mol. The van der Waals surface area contributed by atoms with Crippen molar-refractivity contribution >= 4 is 11.9 Å². The molecule has 2 aromatic carbocycles. The Morgan fingerprint density at radius 3 is 2.40 bits per heavy atom. The third-order valence-corrected chi connectivity index (χ3v) is 2.91. The van der Waals surface area contributed by atoms with Gasteiger partial charge in [-0.05, 0) is 57.0 Å². The lowest BCUT2D eigenvalue weighted by molar-refractivity contribution is 0.240. The van der Waals surface area contributed by atoms with E-state index in [2.05, 4.69) is 31.0 Å². The number of aryl methyl sites for hydroxylation is 2. The zero-order chi connectivity index (χ0) is 14.5. The Bertz CT molecular complexity index is 600. The van der Waals surface area contributed by atoms with Gasteiger partial charge >= 0.3 is 0 Å². The lowest BCUT2D eigenvalue weighted by Crippen LogP contribution is -2.09. The monoisotopic (exact) mass is 267 g/mol. The molecule has 2 aromatic rings.